The van der Waals surface area contributed by atoms with Gasteiger partial charge in [-0.25, -0.2) is 0 Å². The van der Waals surface area contributed by atoms with E-state index in [-0.39, 0.29) is 41.4 Å². The largest absolute Gasteiger partial charge is 0.321 e. The van der Waals surface area contributed by atoms with Crippen LogP contribution in [0.2, 0.25) is 10.0 Å². The zero-order valence-corrected chi connectivity index (χ0v) is 16.7. The molecule has 7 heteroatoms. The first-order valence-corrected chi connectivity index (χ1v) is 10.1. The Morgan fingerprint density at radius 2 is 1.55 bits per heavy atom. The summed E-state index contributed by atoms with van der Waals surface area (Å²) in [6.45, 7) is 0. The fraction of sp³-hybridized carbons (Fsp3) is 0.227. The summed E-state index contributed by atoms with van der Waals surface area (Å²) in [5.74, 6) is -0.774. The molecule has 1 heterocycles. The van der Waals surface area contributed by atoms with Gasteiger partial charge in [0.1, 0.15) is 0 Å². The lowest BCUT2D eigenvalue weighted by Crippen LogP contribution is -2.32. The van der Waals surface area contributed by atoms with E-state index in [0.29, 0.717) is 27.0 Å². The van der Waals surface area contributed by atoms with Crippen molar-refractivity contribution in [1.82, 2.24) is 0 Å². The summed E-state index contributed by atoms with van der Waals surface area (Å²) in [4.78, 5) is 39.5. The van der Waals surface area contributed by atoms with E-state index in [1.54, 1.807) is 42.5 Å². The Hall–Kier alpha value is -2.63. The summed E-state index contributed by atoms with van der Waals surface area (Å²) in [5.41, 5.74) is 1.33. The van der Waals surface area contributed by atoms with Crippen molar-refractivity contribution in [2.45, 2.75) is 6.42 Å². The van der Waals surface area contributed by atoms with Crippen LogP contribution in [0.4, 0.5) is 11.4 Å². The fourth-order valence-electron chi connectivity index (χ4n) is 4.70. The van der Waals surface area contributed by atoms with Crippen molar-refractivity contribution in [1.29, 1.82) is 0 Å². The molecule has 0 radical (unpaired) electrons. The molecular formula is C22H16Cl2N2O3. The van der Waals surface area contributed by atoms with Gasteiger partial charge in [-0.05, 0) is 60.7 Å². The summed E-state index contributed by atoms with van der Waals surface area (Å²) < 4.78 is 0. The molecule has 29 heavy (non-hydrogen) atoms. The summed E-state index contributed by atoms with van der Waals surface area (Å²) in [6.07, 6.45) is 5.03. The number of carbonyl (C=O) groups excluding carboxylic acids is 3. The predicted molar refractivity (Wildman–Crippen MR) is 111 cm³/mol. The van der Waals surface area contributed by atoms with Crippen molar-refractivity contribution in [2.75, 3.05) is 10.2 Å². The van der Waals surface area contributed by atoms with Gasteiger partial charge in [0.05, 0.1) is 28.2 Å². The van der Waals surface area contributed by atoms with E-state index in [1.165, 1.54) is 4.90 Å². The third kappa shape index (κ3) is 2.88. The Labute approximate surface area is 177 Å². The molecule has 3 amide bonds. The van der Waals surface area contributed by atoms with Crippen LogP contribution in [0.5, 0.6) is 0 Å². The fourth-order valence-corrected chi connectivity index (χ4v) is 5.16. The van der Waals surface area contributed by atoms with Crippen LogP contribution < -0.4 is 10.2 Å². The van der Waals surface area contributed by atoms with Crippen molar-refractivity contribution < 1.29 is 14.4 Å². The van der Waals surface area contributed by atoms with E-state index in [9.17, 15) is 14.4 Å². The number of rotatable bonds is 3. The van der Waals surface area contributed by atoms with E-state index in [0.717, 1.165) is 6.42 Å². The smallest absolute Gasteiger partial charge is 0.255 e. The molecule has 1 saturated heterocycles. The molecule has 0 aromatic heterocycles. The topological polar surface area (TPSA) is 66.5 Å². The summed E-state index contributed by atoms with van der Waals surface area (Å²) in [6, 6.07) is 11.3. The van der Waals surface area contributed by atoms with Gasteiger partial charge in [0.15, 0.2) is 0 Å². The van der Waals surface area contributed by atoms with Crippen molar-refractivity contribution >= 4 is 52.3 Å². The number of anilines is 2. The van der Waals surface area contributed by atoms with E-state index in [1.807, 2.05) is 0 Å². The molecule has 2 aliphatic carbocycles. The van der Waals surface area contributed by atoms with E-state index >= 15 is 0 Å². The van der Waals surface area contributed by atoms with Gasteiger partial charge in [-0.2, -0.15) is 0 Å². The minimum Gasteiger partial charge on any atom is -0.321 e. The quantitative estimate of drug-likeness (QED) is 0.577. The highest BCUT2D eigenvalue weighted by Gasteiger charge is 2.59. The number of hydrogen-bond donors (Lipinski definition) is 1. The number of nitrogens with one attached hydrogen (secondary N) is 1. The van der Waals surface area contributed by atoms with E-state index in [4.69, 9.17) is 23.2 Å². The van der Waals surface area contributed by atoms with Gasteiger partial charge in [0, 0.05) is 10.6 Å². The zero-order valence-electron chi connectivity index (χ0n) is 15.1. The number of imide groups is 1. The van der Waals surface area contributed by atoms with Gasteiger partial charge in [-0.1, -0.05) is 35.4 Å². The van der Waals surface area contributed by atoms with Gasteiger partial charge in [-0.15, -0.1) is 0 Å². The second-order valence-corrected chi connectivity index (χ2v) is 8.48. The first-order chi connectivity index (χ1) is 13.9. The Bertz CT molecular complexity index is 1050. The molecular weight excluding hydrogens is 411 g/mol. The predicted octanol–water partition coefficient (Wildman–Crippen LogP) is 4.56. The van der Waals surface area contributed by atoms with Gasteiger partial charge >= 0.3 is 0 Å². The lowest BCUT2D eigenvalue weighted by atomic mass is 9.85. The van der Waals surface area contributed by atoms with E-state index in [2.05, 4.69) is 17.5 Å². The molecule has 2 fully saturated rings. The minimum absolute atomic E-state index is 0.137. The maximum atomic E-state index is 12.9. The highest BCUT2D eigenvalue weighted by molar-refractivity contribution is 6.36. The number of allylic oxidation sites excluding steroid dienone is 2. The molecule has 4 atom stereocenters. The normalized spacial score (nSPS) is 26.9. The second-order valence-electron chi connectivity index (χ2n) is 7.64. The average molecular weight is 427 g/mol. The zero-order chi connectivity index (χ0) is 20.3. The van der Waals surface area contributed by atoms with Crippen molar-refractivity contribution in [3.63, 3.8) is 0 Å². The van der Waals surface area contributed by atoms with Gasteiger partial charge in [0.25, 0.3) is 5.91 Å². The lowest BCUT2D eigenvalue weighted by Gasteiger charge is -2.17. The van der Waals surface area contributed by atoms with Crippen LogP contribution in [0.1, 0.15) is 16.8 Å². The molecule has 1 aliphatic heterocycles. The van der Waals surface area contributed by atoms with Gasteiger partial charge < -0.3 is 5.32 Å². The molecule has 0 spiro atoms. The Kier molecular flexibility index (Phi) is 4.26. The first kappa shape index (κ1) is 18.4. The minimum atomic E-state index is -0.348. The lowest BCUT2D eigenvalue weighted by molar-refractivity contribution is -0.123. The molecule has 2 aromatic rings. The molecule has 1 N–H and O–H groups in total. The van der Waals surface area contributed by atoms with Crippen LogP contribution in [0.3, 0.4) is 0 Å². The molecule has 2 bridgehead atoms. The summed E-state index contributed by atoms with van der Waals surface area (Å²) in [5, 5.41) is 3.54. The van der Waals surface area contributed by atoms with Crippen molar-refractivity contribution in [3.8, 4) is 0 Å². The number of carbonyl (C=O) groups is 3. The maximum Gasteiger partial charge on any atom is 0.255 e. The maximum absolute atomic E-state index is 12.9. The monoisotopic (exact) mass is 426 g/mol. The number of fused-ring (bicyclic) bond motifs is 5. The average Bonchev–Trinajstić information content (AvgIpc) is 3.38. The number of hydrogen-bond acceptors (Lipinski definition) is 3. The molecule has 2 aromatic carbocycles. The third-order valence-electron chi connectivity index (χ3n) is 6.04. The Morgan fingerprint density at radius 3 is 2.14 bits per heavy atom. The first-order valence-electron chi connectivity index (χ1n) is 9.36. The van der Waals surface area contributed by atoms with Crippen LogP contribution in [0.25, 0.3) is 0 Å². The number of amides is 3. The van der Waals surface area contributed by atoms with E-state index < -0.39 is 0 Å². The van der Waals surface area contributed by atoms with Crippen LogP contribution in [0.15, 0.2) is 54.6 Å². The SMILES string of the molecule is O=C(Nc1ccc(Cl)cc1Cl)c1ccc(N2C(=O)[C@@H]3[C@H](C2=O)[C@@H]2C=C[C@H]3C2)cc1. The van der Waals surface area contributed by atoms with Crippen LogP contribution in [-0.4, -0.2) is 17.7 Å². The highest BCUT2D eigenvalue weighted by atomic mass is 35.5. The molecule has 146 valence electrons. The van der Waals surface area contributed by atoms with Crippen molar-refractivity contribution in [2.24, 2.45) is 23.7 Å². The Balaban J connectivity index is 1.35. The van der Waals surface area contributed by atoms with Crippen LogP contribution in [0, 0.1) is 23.7 Å². The molecule has 1 saturated carbocycles. The molecule has 5 nitrogen and oxygen atoms in total. The Morgan fingerprint density at radius 1 is 0.931 bits per heavy atom. The number of nitrogens with zero attached hydrogens (tertiary/aromatic N) is 1. The molecule has 5 rings (SSSR count). The summed E-state index contributed by atoms with van der Waals surface area (Å²) in [7, 11) is 0. The summed E-state index contributed by atoms with van der Waals surface area (Å²) >= 11 is 12.0. The van der Waals surface area contributed by atoms with Crippen molar-refractivity contribution in [3.05, 3.63) is 70.2 Å². The standard InChI is InChI=1S/C22H16Cl2N2O3/c23-14-5-8-17(16(24)10-14)25-20(27)11-3-6-15(7-4-11)26-21(28)18-12-1-2-13(9-12)19(18)22(26)29/h1-8,10,12-13,18-19H,9H2,(H,25,27)/t12-,13+,18-,19+. The third-order valence-corrected chi connectivity index (χ3v) is 6.59. The highest BCUT2D eigenvalue weighted by Crippen LogP contribution is 2.53. The second kappa shape index (κ2) is 6.71. The number of halogens is 2. The molecule has 3 aliphatic rings. The number of benzene rings is 2. The molecule has 0 unspecified atom stereocenters. The van der Waals surface area contributed by atoms with Gasteiger partial charge in [-0.3, -0.25) is 19.3 Å². The van der Waals surface area contributed by atoms with Gasteiger partial charge in [0.2, 0.25) is 11.8 Å². The van der Waals surface area contributed by atoms with Crippen LogP contribution >= 0.6 is 23.2 Å². The van der Waals surface area contributed by atoms with Crippen LogP contribution in [-0.2, 0) is 9.59 Å².